The Kier molecular flexibility index (Phi) is 8.05. The number of esters is 1. The van der Waals surface area contributed by atoms with Gasteiger partial charge in [-0.3, -0.25) is 14.4 Å². The third kappa shape index (κ3) is 6.52. The molecule has 33 heavy (non-hydrogen) atoms. The Morgan fingerprint density at radius 3 is 2.52 bits per heavy atom. The summed E-state index contributed by atoms with van der Waals surface area (Å²) in [6, 6.07) is 8.33. The van der Waals surface area contributed by atoms with Crippen molar-refractivity contribution < 1.29 is 28.6 Å². The molecule has 0 saturated carbocycles. The number of rotatable bonds is 3. The molecule has 0 radical (unpaired) electrons. The molecule has 2 amide bonds. The molecule has 0 aliphatic carbocycles. The predicted molar refractivity (Wildman–Crippen MR) is 122 cm³/mol. The lowest BCUT2D eigenvalue weighted by molar-refractivity contribution is -0.161. The van der Waals surface area contributed by atoms with Gasteiger partial charge in [-0.2, -0.15) is 0 Å². The van der Waals surface area contributed by atoms with Gasteiger partial charge < -0.3 is 24.8 Å². The highest BCUT2D eigenvalue weighted by Gasteiger charge is 2.46. The number of hydrogen-bond acceptors (Lipinski definition) is 6. The highest BCUT2D eigenvalue weighted by atomic mass is 16.8. The van der Waals surface area contributed by atoms with Gasteiger partial charge in [0.15, 0.2) is 11.9 Å². The summed E-state index contributed by atoms with van der Waals surface area (Å²) < 4.78 is 16.9. The zero-order valence-corrected chi connectivity index (χ0v) is 19.3. The number of cyclic esters (lactones) is 1. The molecular weight excluding hydrogens is 424 g/mol. The Morgan fingerprint density at radius 1 is 1.09 bits per heavy atom. The Morgan fingerprint density at radius 2 is 1.82 bits per heavy atom. The van der Waals surface area contributed by atoms with Crippen LogP contribution in [0, 0.1) is 5.92 Å². The van der Waals surface area contributed by atoms with Gasteiger partial charge in [-0.05, 0) is 31.7 Å². The lowest BCUT2D eigenvalue weighted by Gasteiger charge is -2.27. The normalized spacial score (nSPS) is 31.7. The number of nitrogens with one attached hydrogen (secondary N) is 2. The van der Waals surface area contributed by atoms with Crippen LogP contribution in [0.25, 0.3) is 0 Å². The van der Waals surface area contributed by atoms with Crippen molar-refractivity contribution >= 4 is 17.8 Å². The van der Waals surface area contributed by atoms with Crippen LogP contribution in [0.5, 0.6) is 0 Å². The Balaban J connectivity index is 1.91. The van der Waals surface area contributed by atoms with Crippen molar-refractivity contribution in [1.82, 2.24) is 10.6 Å². The molecule has 0 spiro atoms. The molecule has 2 aliphatic heterocycles. The molecule has 1 aromatic rings. The molecule has 2 heterocycles. The molecule has 1 aromatic carbocycles. The first-order valence-electron chi connectivity index (χ1n) is 11.1. The predicted octanol–water partition coefficient (Wildman–Crippen LogP) is 2.56. The van der Waals surface area contributed by atoms with E-state index in [0.717, 1.165) is 5.56 Å². The third-order valence-electron chi connectivity index (χ3n) is 5.59. The summed E-state index contributed by atoms with van der Waals surface area (Å²) in [5, 5.41) is 5.81. The summed E-state index contributed by atoms with van der Waals surface area (Å²) in [5.74, 6) is -2.45. The van der Waals surface area contributed by atoms with E-state index in [1.54, 1.807) is 26.0 Å². The van der Waals surface area contributed by atoms with Crippen molar-refractivity contribution in [3.8, 4) is 0 Å². The number of hydrogen-bond donors (Lipinski definition) is 2. The molecule has 178 valence electrons. The molecular formula is C25H32N2O6. The van der Waals surface area contributed by atoms with Crippen LogP contribution in [0.2, 0.25) is 0 Å². The quantitative estimate of drug-likeness (QED) is 0.535. The topological polar surface area (TPSA) is 103 Å². The van der Waals surface area contributed by atoms with Crippen molar-refractivity contribution in [2.24, 2.45) is 5.92 Å². The molecule has 1 fully saturated rings. The number of carbonyl (C=O) groups excluding carboxylic acids is 3. The van der Waals surface area contributed by atoms with E-state index in [0.29, 0.717) is 0 Å². The third-order valence-corrected chi connectivity index (χ3v) is 5.59. The van der Waals surface area contributed by atoms with Crippen LogP contribution in [0.1, 0.15) is 45.2 Å². The van der Waals surface area contributed by atoms with Gasteiger partial charge in [0.25, 0.3) is 5.91 Å². The minimum atomic E-state index is -1.03. The standard InChI is InChI=1S/C25H32N2O6/c1-5-10-18-23(29)27-21(17-12-7-6-8-13-17)16(2)11-9-14-20(28)31-15-19-22(24(30)26-18)33-25(3,4)32-19/h5-9,11-13,16,18-19,21-22H,1,10,14-15H2,2-4H3,(H,26,30)(H,27,29)/b11-9+/t16-,18-,19-,21+,22-/m0/s1. The van der Waals surface area contributed by atoms with Crippen LogP contribution in [0.4, 0.5) is 0 Å². The van der Waals surface area contributed by atoms with Crippen LogP contribution >= 0.6 is 0 Å². The van der Waals surface area contributed by atoms with Crippen molar-refractivity contribution in [1.29, 1.82) is 0 Å². The summed E-state index contributed by atoms with van der Waals surface area (Å²) >= 11 is 0. The average molecular weight is 457 g/mol. The zero-order valence-electron chi connectivity index (χ0n) is 19.3. The number of amides is 2. The van der Waals surface area contributed by atoms with Gasteiger partial charge in [-0.25, -0.2) is 0 Å². The van der Waals surface area contributed by atoms with Gasteiger partial charge in [0.05, 0.1) is 12.5 Å². The van der Waals surface area contributed by atoms with Crippen molar-refractivity contribution in [2.45, 2.75) is 63.7 Å². The smallest absolute Gasteiger partial charge is 0.309 e. The van der Waals surface area contributed by atoms with Gasteiger partial charge in [-0.15, -0.1) is 6.58 Å². The van der Waals surface area contributed by atoms with E-state index in [1.807, 2.05) is 43.3 Å². The van der Waals surface area contributed by atoms with E-state index in [4.69, 9.17) is 14.2 Å². The minimum absolute atomic E-state index is 0.0622. The first-order chi connectivity index (χ1) is 15.7. The molecule has 0 bridgehead atoms. The highest BCUT2D eigenvalue weighted by Crippen LogP contribution is 2.29. The maximum atomic E-state index is 13.2. The zero-order chi connectivity index (χ0) is 24.0. The molecule has 8 heteroatoms. The van der Waals surface area contributed by atoms with Crippen molar-refractivity contribution in [2.75, 3.05) is 6.61 Å². The van der Waals surface area contributed by atoms with Gasteiger partial charge in [0, 0.05) is 0 Å². The molecule has 2 aliphatic rings. The second-order valence-corrected chi connectivity index (χ2v) is 8.75. The van der Waals surface area contributed by atoms with Gasteiger partial charge in [0.2, 0.25) is 5.91 Å². The van der Waals surface area contributed by atoms with Gasteiger partial charge in [-0.1, -0.05) is 55.5 Å². The van der Waals surface area contributed by atoms with Crippen LogP contribution < -0.4 is 10.6 Å². The molecule has 0 unspecified atom stereocenters. The van der Waals surface area contributed by atoms with Crippen LogP contribution in [-0.2, 0) is 28.6 Å². The Bertz CT molecular complexity index is 897. The summed E-state index contributed by atoms with van der Waals surface area (Å²) in [7, 11) is 0. The second kappa shape index (κ2) is 10.8. The largest absolute Gasteiger partial charge is 0.463 e. The number of fused-ring (bicyclic) bond motifs is 1. The summed E-state index contributed by atoms with van der Waals surface area (Å²) in [4.78, 5) is 38.6. The lowest BCUT2D eigenvalue weighted by Crippen LogP contribution is -2.52. The van der Waals surface area contributed by atoms with E-state index in [2.05, 4.69) is 17.2 Å². The van der Waals surface area contributed by atoms with E-state index in [1.165, 1.54) is 0 Å². The van der Waals surface area contributed by atoms with E-state index in [9.17, 15) is 14.4 Å². The first kappa shape index (κ1) is 24.7. The summed E-state index contributed by atoms with van der Waals surface area (Å²) in [5.41, 5.74) is 0.910. The molecule has 0 aromatic heterocycles. The fourth-order valence-electron chi connectivity index (χ4n) is 3.99. The molecule has 5 atom stereocenters. The van der Waals surface area contributed by atoms with Gasteiger partial charge in [0.1, 0.15) is 18.8 Å². The van der Waals surface area contributed by atoms with Crippen molar-refractivity contribution in [3.05, 3.63) is 60.7 Å². The number of ether oxygens (including phenoxy) is 3. The van der Waals surface area contributed by atoms with E-state index < -0.39 is 35.9 Å². The monoisotopic (exact) mass is 456 g/mol. The van der Waals surface area contributed by atoms with Crippen molar-refractivity contribution in [3.63, 3.8) is 0 Å². The molecule has 2 N–H and O–H groups in total. The first-order valence-corrected chi connectivity index (χ1v) is 11.1. The fourth-order valence-corrected chi connectivity index (χ4v) is 3.99. The minimum Gasteiger partial charge on any atom is -0.463 e. The van der Waals surface area contributed by atoms with Crippen LogP contribution in [0.15, 0.2) is 55.1 Å². The second-order valence-electron chi connectivity index (χ2n) is 8.75. The average Bonchev–Trinajstić information content (AvgIpc) is 3.10. The van der Waals surface area contributed by atoms with Crippen LogP contribution in [-0.4, -0.2) is 48.4 Å². The van der Waals surface area contributed by atoms with Gasteiger partial charge >= 0.3 is 5.97 Å². The Labute approximate surface area is 194 Å². The highest BCUT2D eigenvalue weighted by molar-refractivity contribution is 5.90. The Hall–Kier alpha value is -2.97. The van der Waals surface area contributed by atoms with E-state index >= 15 is 0 Å². The molecule has 8 nitrogen and oxygen atoms in total. The molecule has 1 saturated heterocycles. The fraction of sp³-hybridized carbons (Fsp3) is 0.480. The molecule has 3 rings (SSSR count). The number of benzene rings is 1. The summed E-state index contributed by atoms with van der Waals surface area (Å²) in [6.45, 7) is 8.89. The van der Waals surface area contributed by atoms with Crippen LogP contribution in [0.3, 0.4) is 0 Å². The lowest BCUT2D eigenvalue weighted by atomic mass is 9.93. The maximum Gasteiger partial charge on any atom is 0.309 e. The van der Waals surface area contributed by atoms with E-state index in [-0.39, 0.29) is 37.3 Å². The SMILES string of the molecule is C=CC[C@@H]1NC(=O)[C@H]2OC(C)(C)O[C@H]2COC(=O)C/C=C/[C@H](C)[C@H](c2ccccc2)NC1=O. The number of carbonyl (C=O) groups is 3. The summed E-state index contributed by atoms with van der Waals surface area (Å²) in [6.07, 6.45) is 3.66. The maximum absolute atomic E-state index is 13.2.